The van der Waals surface area contributed by atoms with Gasteiger partial charge in [0.15, 0.2) is 0 Å². The molecule has 0 heterocycles. The molecular formula is C27H29FN4O6S. The lowest BCUT2D eigenvalue weighted by molar-refractivity contribution is -0.384. The molecular weight excluding hydrogens is 527 g/mol. The molecule has 0 saturated carbocycles. The lowest BCUT2D eigenvalue weighted by Gasteiger charge is -2.33. The molecule has 206 valence electrons. The Labute approximate surface area is 226 Å². The summed E-state index contributed by atoms with van der Waals surface area (Å²) in [4.78, 5) is 38.4. The van der Waals surface area contributed by atoms with E-state index >= 15 is 0 Å². The van der Waals surface area contributed by atoms with E-state index in [0.717, 1.165) is 16.4 Å². The predicted octanol–water partition coefficient (Wildman–Crippen LogP) is 3.87. The van der Waals surface area contributed by atoms with Gasteiger partial charge in [-0.05, 0) is 55.3 Å². The quantitative estimate of drug-likeness (QED) is 0.266. The normalized spacial score (nSPS) is 11.9. The van der Waals surface area contributed by atoms with Crippen molar-refractivity contribution in [2.24, 2.45) is 0 Å². The van der Waals surface area contributed by atoms with Crippen molar-refractivity contribution in [2.75, 3.05) is 17.4 Å². The summed E-state index contributed by atoms with van der Waals surface area (Å²) < 4.78 is 41.7. The zero-order valence-corrected chi connectivity index (χ0v) is 22.3. The molecule has 2 amide bonds. The third kappa shape index (κ3) is 7.17. The van der Waals surface area contributed by atoms with Gasteiger partial charge in [-0.3, -0.25) is 24.0 Å². The van der Waals surface area contributed by atoms with Gasteiger partial charge >= 0.3 is 0 Å². The number of nitrogens with one attached hydrogen (secondary N) is 1. The van der Waals surface area contributed by atoms with Crippen LogP contribution >= 0.6 is 0 Å². The van der Waals surface area contributed by atoms with E-state index in [9.17, 15) is 32.5 Å². The molecule has 0 unspecified atom stereocenters. The minimum Gasteiger partial charge on any atom is -0.355 e. The van der Waals surface area contributed by atoms with Crippen LogP contribution in [-0.2, 0) is 26.2 Å². The van der Waals surface area contributed by atoms with Crippen LogP contribution in [-0.4, -0.2) is 49.2 Å². The molecule has 1 N–H and O–H groups in total. The number of nitro groups is 1. The maximum Gasteiger partial charge on any atom is 0.269 e. The number of likely N-dealkylation sites (N-methyl/N-ethyl adjacent to an activating group) is 1. The zero-order valence-electron chi connectivity index (χ0n) is 21.5. The van der Waals surface area contributed by atoms with Gasteiger partial charge in [-0.1, -0.05) is 37.3 Å². The number of sulfonamides is 1. The highest BCUT2D eigenvalue weighted by Crippen LogP contribution is 2.26. The maximum atomic E-state index is 13.8. The van der Waals surface area contributed by atoms with E-state index in [4.69, 9.17) is 0 Å². The van der Waals surface area contributed by atoms with Gasteiger partial charge in [0.2, 0.25) is 11.8 Å². The molecule has 1 atom stereocenters. The summed E-state index contributed by atoms with van der Waals surface area (Å²) in [6.07, 6.45) is 0.238. The first kappa shape index (κ1) is 29.2. The summed E-state index contributed by atoms with van der Waals surface area (Å²) in [6, 6.07) is 16.7. The number of nitrogens with zero attached hydrogens (tertiary/aromatic N) is 3. The minimum absolute atomic E-state index is 0.0330. The SMILES string of the molecule is CCNC(=O)[C@H](CC)N(Cc1ccc(F)cc1)C(=O)CN(c1ccc([N+](=O)[O-])cc1)S(=O)(=O)c1ccccc1. The first-order valence-electron chi connectivity index (χ1n) is 12.2. The van der Waals surface area contributed by atoms with Crippen molar-refractivity contribution < 1.29 is 27.3 Å². The Morgan fingerprint density at radius 1 is 0.974 bits per heavy atom. The molecule has 0 radical (unpaired) electrons. The van der Waals surface area contributed by atoms with E-state index in [0.29, 0.717) is 12.1 Å². The van der Waals surface area contributed by atoms with E-state index < -0.39 is 45.2 Å². The second kappa shape index (κ2) is 13.0. The number of hydrogen-bond donors (Lipinski definition) is 1. The van der Waals surface area contributed by atoms with Crippen LogP contribution in [0.3, 0.4) is 0 Å². The highest BCUT2D eigenvalue weighted by Gasteiger charge is 2.33. The fourth-order valence-corrected chi connectivity index (χ4v) is 5.42. The van der Waals surface area contributed by atoms with Gasteiger partial charge in [-0.15, -0.1) is 0 Å². The number of amides is 2. The van der Waals surface area contributed by atoms with Crippen LogP contribution in [0.25, 0.3) is 0 Å². The van der Waals surface area contributed by atoms with Gasteiger partial charge in [0, 0.05) is 25.2 Å². The third-order valence-corrected chi connectivity index (χ3v) is 7.75. The molecule has 0 saturated heterocycles. The standard InChI is InChI=1S/C27H29FN4O6S/c1-3-25(27(34)29-4-2)30(18-20-10-12-21(28)13-11-20)26(33)19-31(22-14-16-23(17-15-22)32(35)36)39(37,38)24-8-6-5-7-9-24/h5-17,25H,3-4,18-19H2,1-2H3,(H,29,34)/t25-/m0/s1. The molecule has 0 aromatic heterocycles. The topological polar surface area (TPSA) is 130 Å². The third-order valence-electron chi connectivity index (χ3n) is 5.96. The number of carbonyl (C=O) groups excluding carboxylic acids is 2. The van der Waals surface area contributed by atoms with Crippen molar-refractivity contribution in [1.29, 1.82) is 0 Å². The number of non-ortho nitro benzene ring substituents is 1. The second-order valence-electron chi connectivity index (χ2n) is 8.56. The monoisotopic (exact) mass is 556 g/mol. The molecule has 0 aliphatic rings. The lowest BCUT2D eigenvalue weighted by atomic mass is 10.1. The highest BCUT2D eigenvalue weighted by atomic mass is 32.2. The largest absolute Gasteiger partial charge is 0.355 e. The summed E-state index contributed by atoms with van der Waals surface area (Å²) in [5, 5.41) is 13.8. The molecule has 3 aromatic carbocycles. The van der Waals surface area contributed by atoms with Crippen molar-refractivity contribution in [3.63, 3.8) is 0 Å². The Balaban J connectivity index is 2.06. The van der Waals surface area contributed by atoms with Crippen LogP contribution in [0, 0.1) is 15.9 Å². The van der Waals surface area contributed by atoms with E-state index in [1.54, 1.807) is 19.9 Å². The molecule has 0 aliphatic heterocycles. The molecule has 12 heteroatoms. The van der Waals surface area contributed by atoms with Gasteiger partial charge in [0.05, 0.1) is 15.5 Å². The van der Waals surface area contributed by atoms with Gasteiger partial charge in [0.1, 0.15) is 18.4 Å². The van der Waals surface area contributed by atoms with Crippen LogP contribution < -0.4 is 9.62 Å². The van der Waals surface area contributed by atoms with E-state index in [-0.39, 0.29) is 29.2 Å². The van der Waals surface area contributed by atoms with Crippen molar-refractivity contribution in [1.82, 2.24) is 10.2 Å². The minimum atomic E-state index is -4.29. The first-order valence-corrected chi connectivity index (χ1v) is 13.7. The number of benzene rings is 3. The second-order valence-corrected chi connectivity index (χ2v) is 10.4. The van der Waals surface area contributed by atoms with Gasteiger partial charge in [-0.2, -0.15) is 0 Å². The molecule has 3 aromatic rings. The van der Waals surface area contributed by atoms with Crippen molar-refractivity contribution in [3.05, 3.63) is 100 Å². The smallest absolute Gasteiger partial charge is 0.269 e. The lowest BCUT2D eigenvalue weighted by Crippen LogP contribution is -2.52. The Hall–Kier alpha value is -4.32. The summed E-state index contributed by atoms with van der Waals surface area (Å²) in [6.45, 7) is 3.02. The van der Waals surface area contributed by atoms with Crippen LogP contribution in [0.1, 0.15) is 25.8 Å². The number of rotatable bonds is 12. The van der Waals surface area contributed by atoms with Crippen LogP contribution in [0.4, 0.5) is 15.8 Å². The highest BCUT2D eigenvalue weighted by molar-refractivity contribution is 7.92. The molecule has 0 fully saturated rings. The molecule has 0 bridgehead atoms. The van der Waals surface area contributed by atoms with Gasteiger partial charge in [0.25, 0.3) is 15.7 Å². The molecule has 10 nitrogen and oxygen atoms in total. The fraction of sp³-hybridized carbons (Fsp3) is 0.259. The average molecular weight is 557 g/mol. The molecule has 3 rings (SSSR count). The van der Waals surface area contributed by atoms with Crippen molar-refractivity contribution >= 4 is 33.2 Å². The Morgan fingerprint density at radius 3 is 2.13 bits per heavy atom. The average Bonchev–Trinajstić information content (AvgIpc) is 2.93. The number of nitro benzene ring substituents is 1. The number of halogens is 1. The molecule has 39 heavy (non-hydrogen) atoms. The number of hydrogen-bond acceptors (Lipinski definition) is 6. The molecule has 0 aliphatic carbocycles. The Kier molecular flexibility index (Phi) is 9.72. The number of carbonyl (C=O) groups is 2. The van der Waals surface area contributed by atoms with E-state index in [1.165, 1.54) is 65.6 Å². The summed E-state index contributed by atoms with van der Waals surface area (Å²) in [7, 11) is -4.29. The summed E-state index contributed by atoms with van der Waals surface area (Å²) in [5.41, 5.74) is 0.327. The Morgan fingerprint density at radius 2 is 1.59 bits per heavy atom. The fourth-order valence-electron chi connectivity index (χ4n) is 3.99. The first-order chi connectivity index (χ1) is 18.6. The van der Waals surface area contributed by atoms with Crippen LogP contribution in [0.15, 0.2) is 83.8 Å². The summed E-state index contributed by atoms with van der Waals surface area (Å²) >= 11 is 0. The molecule has 0 spiro atoms. The number of anilines is 1. The van der Waals surface area contributed by atoms with Gasteiger partial charge in [-0.25, -0.2) is 12.8 Å². The van der Waals surface area contributed by atoms with Crippen LogP contribution in [0.5, 0.6) is 0 Å². The van der Waals surface area contributed by atoms with Crippen molar-refractivity contribution in [2.45, 2.75) is 37.8 Å². The van der Waals surface area contributed by atoms with Gasteiger partial charge < -0.3 is 10.2 Å². The van der Waals surface area contributed by atoms with Crippen molar-refractivity contribution in [3.8, 4) is 0 Å². The van der Waals surface area contributed by atoms with E-state index in [2.05, 4.69) is 5.32 Å². The predicted molar refractivity (Wildman–Crippen MR) is 144 cm³/mol. The van der Waals surface area contributed by atoms with Crippen LogP contribution in [0.2, 0.25) is 0 Å². The van der Waals surface area contributed by atoms with E-state index in [1.807, 2.05) is 0 Å². The Bertz CT molecular complexity index is 1400. The summed E-state index contributed by atoms with van der Waals surface area (Å²) in [5.74, 6) is -1.57. The zero-order chi connectivity index (χ0) is 28.6. The maximum absolute atomic E-state index is 13.8.